The van der Waals surface area contributed by atoms with Gasteiger partial charge >= 0.3 is 0 Å². The summed E-state index contributed by atoms with van der Waals surface area (Å²) in [5, 5.41) is 3.50. The normalized spacial score (nSPS) is 12.5. The monoisotopic (exact) mass is 307 g/mol. The molecule has 0 aliphatic carbocycles. The first-order chi connectivity index (χ1) is 10.8. The van der Waals surface area contributed by atoms with E-state index >= 15 is 0 Å². The second-order valence-electron chi connectivity index (χ2n) is 5.90. The number of hydrogen-bond acceptors (Lipinski definition) is 3. The maximum absolute atomic E-state index is 5.48. The topological polar surface area (TPSA) is 30.5 Å². The van der Waals surface area contributed by atoms with Crippen LogP contribution in [0.25, 0.3) is 0 Å². The van der Waals surface area contributed by atoms with Gasteiger partial charge in [-0.1, -0.05) is 63.6 Å². The molecule has 0 bridgehead atoms. The van der Waals surface area contributed by atoms with Crippen LogP contribution in [0.3, 0.4) is 0 Å². The summed E-state index contributed by atoms with van der Waals surface area (Å²) in [5.41, 5.74) is 1.15. The quantitative estimate of drug-likeness (QED) is 0.407. The van der Waals surface area contributed by atoms with Gasteiger partial charge < -0.3 is 14.8 Å². The van der Waals surface area contributed by atoms with E-state index in [4.69, 9.17) is 9.47 Å². The first-order valence-electron chi connectivity index (χ1n) is 8.66. The van der Waals surface area contributed by atoms with Crippen LogP contribution < -0.4 is 5.32 Å². The van der Waals surface area contributed by atoms with Crippen molar-refractivity contribution in [2.45, 2.75) is 58.2 Å². The van der Waals surface area contributed by atoms with Gasteiger partial charge in [-0.2, -0.15) is 0 Å². The SMILES string of the molecule is CCCCCCCCC(CNc1ccccc1)C(OC)OC. The Morgan fingerprint density at radius 3 is 2.18 bits per heavy atom. The van der Waals surface area contributed by atoms with Crippen LogP contribution in [0, 0.1) is 5.92 Å². The Labute approximate surface area is 136 Å². The molecule has 1 unspecified atom stereocenters. The summed E-state index contributed by atoms with van der Waals surface area (Å²) in [7, 11) is 3.45. The maximum atomic E-state index is 5.48. The van der Waals surface area contributed by atoms with Gasteiger partial charge in [0.15, 0.2) is 6.29 Å². The van der Waals surface area contributed by atoms with Crippen molar-refractivity contribution in [1.29, 1.82) is 0 Å². The van der Waals surface area contributed by atoms with Gasteiger partial charge in [0.2, 0.25) is 0 Å². The summed E-state index contributed by atoms with van der Waals surface area (Å²) < 4.78 is 11.0. The molecule has 0 saturated carbocycles. The van der Waals surface area contributed by atoms with Gasteiger partial charge in [0.05, 0.1) is 0 Å². The summed E-state index contributed by atoms with van der Waals surface area (Å²) in [4.78, 5) is 0. The van der Waals surface area contributed by atoms with Gasteiger partial charge in [0, 0.05) is 32.4 Å². The number of hydrogen-bond donors (Lipinski definition) is 1. The Hall–Kier alpha value is -1.06. The van der Waals surface area contributed by atoms with Gasteiger partial charge in [0.25, 0.3) is 0 Å². The van der Waals surface area contributed by atoms with Crippen LogP contribution in [0.5, 0.6) is 0 Å². The average molecular weight is 307 g/mol. The lowest BCUT2D eigenvalue weighted by atomic mass is 9.99. The first kappa shape index (κ1) is 19.0. The molecular weight excluding hydrogens is 274 g/mol. The number of methoxy groups -OCH3 is 2. The molecule has 0 radical (unpaired) electrons. The summed E-state index contributed by atoms with van der Waals surface area (Å²) in [6.07, 6.45) is 8.93. The van der Waals surface area contributed by atoms with Crippen molar-refractivity contribution in [2.24, 2.45) is 5.92 Å². The Balaban J connectivity index is 2.36. The van der Waals surface area contributed by atoms with E-state index in [-0.39, 0.29) is 6.29 Å². The molecule has 0 saturated heterocycles. The molecule has 22 heavy (non-hydrogen) atoms. The lowest BCUT2D eigenvalue weighted by Gasteiger charge is -2.25. The number of nitrogens with one attached hydrogen (secondary N) is 1. The fraction of sp³-hybridized carbons (Fsp3) is 0.684. The number of rotatable bonds is 13. The van der Waals surface area contributed by atoms with Crippen molar-refractivity contribution >= 4 is 5.69 Å². The smallest absolute Gasteiger partial charge is 0.161 e. The standard InChI is InChI=1S/C19H33NO2/c1-4-5-6-7-8-10-13-17(19(21-2)22-3)16-20-18-14-11-9-12-15-18/h9,11-12,14-15,17,19-20H,4-8,10,13,16H2,1-3H3. The van der Waals surface area contributed by atoms with E-state index in [2.05, 4.69) is 36.5 Å². The molecule has 3 heteroatoms. The molecular formula is C19H33NO2. The summed E-state index contributed by atoms with van der Waals surface area (Å²) >= 11 is 0. The molecule has 0 aliphatic rings. The van der Waals surface area contributed by atoms with Gasteiger partial charge in [-0.25, -0.2) is 0 Å². The molecule has 1 rings (SSSR count). The minimum absolute atomic E-state index is 0.133. The van der Waals surface area contributed by atoms with Crippen LogP contribution in [0.15, 0.2) is 30.3 Å². The van der Waals surface area contributed by atoms with Crippen molar-refractivity contribution in [2.75, 3.05) is 26.1 Å². The lowest BCUT2D eigenvalue weighted by Crippen LogP contribution is -2.30. The van der Waals surface area contributed by atoms with Crippen molar-refractivity contribution in [3.05, 3.63) is 30.3 Å². The van der Waals surface area contributed by atoms with Gasteiger partial charge in [-0.15, -0.1) is 0 Å². The third-order valence-electron chi connectivity index (χ3n) is 4.12. The zero-order valence-corrected chi connectivity index (χ0v) is 14.5. The molecule has 1 N–H and O–H groups in total. The predicted molar refractivity (Wildman–Crippen MR) is 94.2 cm³/mol. The molecule has 126 valence electrons. The second kappa shape index (κ2) is 12.5. The fourth-order valence-electron chi connectivity index (χ4n) is 2.81. The van der Waals surface area contributed by atoms with Crippen LogP contribution in [0.2, 0.25) is 0 Å². The minimum Gasteiger partial charge on any atom is -0.385 e. The summed E-state index contributed by atoms with van der Waals surface area (Å²) in [6.45, 7) is 3.14. The van der Waals surface area contributed by atoms with E-state index in [1.165, 1.54) is 38.5 Å². The number of unbranched alkanes of at least 4 members (excludes halogenated alkanes) is 5. The van der Waals surface area contributed by atoms with Crippen molar-refractivity contribution in [3.8, 4) is 0 Å². The van der Waals surface area contributed by atoms with Crippen LogP contribution in [0.1, 0.15) is 51.9 Å². The number of benzene rings is 1. The fourth-order valence-corrected chi connectivity index (χ4v) is 2.81. The molecule has 0 aliphatic heterocycles. The molecule has 0 amide bonds. The van der Waals surface area contributed by atoms with Crippen molar-refractivity contribution in [3.63, 3.8) is 0 Å². The molecule has 3 nitrogen and oxygen atoms in total. The van der Waals surface area contributed by atoms with Gasteiger partial charge in [-0.3, -0.25) is 0 Å². The molecule has 0 fully saturated rings. The third-order valence-corrected chi connectivity index (χ3v) is 4.12. The Morgan fingerprint density at radius 2 is 1.55 bits per heavy atom. The van der Waals surface area contributed by atoms with E-state index in [9.17, 15) is 0 Å². The number of ether oxygens (including phenoxy) is 2. The zero-order chi connectivity index (χ0) is 16.0. The van der Waals surface area contributed by atoms with Gasteiger partial charge in [-0.05, 0) is 18.6 Å². The highest BCUT2D eigenvalue weighted by molar-refractivity contribution is 5.42. The molecule has 1 aromatic rings. The highest BCUT2D eigenvalue weighted by atomic mass is 16.7. The second-order valence-corrected chi connectivity index (χ2v) is 5.90. The van der Waals surface area contributed by atoms with E-state index < -0.39 is 0 Å². The number of para-hydroxylation sites is 1. The van der Waals surface area contributed by atoms with Crippen LogP contribution in [0.4, 0.5) is 5.69 Å². The minimum atomic E-state index is -0.133. The van der Waals surface area contributed by atoms with Crippen LogP contribution in [-0.4, -0.2) is 27.1 Å². The van der Waals surface area contributed by atoms with E-state index in [1.54, 1.807) is 14.2 Å². The van der Waals surface area contributed by atoms with Crippen molar-refractivity contribution < 1.29 is 9.47 Å². The van der Waals surface area contributed by atoms with Crippen LogP contribution >= 0.6 is 0 Å². The molecule has 0 heterocycles. The van der Waals surface area contributed by atoms with Crippen molar-refractivity contribution in [1.82, 2.24) is 0 Å². The molecule has 0 spiro atoms. The zero-order valence-electron chi connectivity index (χ0n) is 14.5. The van der Waals surface area contributed by atoms with E-state index in [1.807, 2.05) is 6.07 Å². The first-order valence-corrected chi connectivity index (χ1v) is 8.66. The van der Waals surface area contributed by atoms with E-state index in [0.717, 1.165) is 18.7 Å². The molecule has 0 aromatic heterocycles. The Kier molecular flexibility index (Phi) is 10.8. The highest BCUT2D eigenvalue weighted by Crippen LogP contribution is 2.19. The largest absolute Gasteiger partial charge is 0.385 e. The van der Waals surface area contributed by atoms with Crippen LogP contribution in [-0.2, 0) is 9.47 Å². The number of anilines is 1. The summed E-state index contributed by atoms with van der Waals surface area (Å²) in [6, 6.07) is 10.3. The van der Waals surface area contributed by atoms with Gasteiger partial charge in [0.1, 0.15) is 0 Å². The summed E-state index contributed by atoms with van der Waals surface area (Å²) in [5.74, 6) is 0.376. The predicted octanol–water partition coefficient (Wildman–Crippen LogP) is 5.08. The Morgan fingerprint density at radius 1 is 0.909 bits per heavy atom. The lowest BCUT2D eigenvalue weighted by molar-refractivity contribution is -0.135. The van der Waals surface area contributed by atoms with E-state index in [0.29, 0.717) is 5.92 Å². The highest BCUT2D eigenvalue weighted by Gasteiger charge is 2.20. The average Bonchev–Trinajstić information content (AvgIpc) is 2.57. The molecule has 1 atom stereocenters. The Bertz CT molecular complexity index is 352. The third kappa shape index (κ3) is 7.81. The molecule has 1 aromatic carbocycles. The maximum Gasteiger partial charge on any atom is 0.161 e.